The highest BCUT2D eigenvalue weighted by Crippen LogP contribution is 2.27. The van der Waals surface area contributed by atoms with Gasteiger partial charge in [-0.25, -0.2) is 0 Å². The minimum atomic E-state index is 0.607. The van der Waals surface area contributed by atoms with Crippen molar-refractivity contribution in [1.82, 2.24) is 4.90 Å². The summed E-state index contributed by atoms with van der Waals surface area (Å²) >= 11 is 0. The van der Waals surface area contributed by atoms with Crippen LogP contribution in [0.15, 0.2) is 0 Å². The quantitative estimate of drug-likeness (QED) is 0.752. The lowest BCUT2D eigenvalue weighted by Gasteiger charge is -2.38. The van der Waals surface area contributed by atoms with Gasteiger partial charge < -0.3 is 15.4 Å². The Kier molecular flexibility index (Phi) is 6.32. The third-order valence-corrected chi connectivity index (χ3v) is 3.79. The van der Waals surface area contributed by atoms with Gasteiger partial charge in [0.15, 0.2) is 0 Å². The molecule has 0 aromatic rings. The second-order valence-corrected chi connectivity index (χ2v) is 5.35. The molecular weight excluding hydrogens is 200 g/mol. The molecule has 0 aliphatic heterocycles. The summed E-state index contributed by atoms with van der Waals surface area (Å²) in [4.78, 5) is 2.50. The van der Waals surface area contributed by atoms with Crippen molar-refractivity contribution >= 4 is 0 Å². The topological polar surface area (TPSA) is 38.5 Å². The van der Waals surface area contributed by atoms with Crippen LogP contribution in [0.3, 0.4) is 0 Å². The van der Waals surface area contributed by atoms with Crippen molar-refractivity contribution in [2.75, 3.05) is 33.9 Å². The van der Waals surface area contributed by atoms with Crippen LogP contribution in [0.25, 0.3) is 0 Å². The molecule has 0 radical (unpaired) electrons. The summed E-state index contributed by atoms with van der Waals surface area (Å²) in [5.74, 6) is 1.31. The van der Waals surface area contributed by atoms with E-state index in [1.807, 2.05) is 0 Å². The standard InChI is InChI=1S/C13H28N2O/c1-11(10-16-3)9-15(2)13-7-5-4-6-12(13)8-14/h11-13H,4-10,14H2,1-3H3. The molecule has 0 amide bonds. The number of hydrogen-bond acceptors (Lipinski definition) is 3. The van der Waals surface area contributed by atoms with E-state index in [0.29, 0.717) is 17.9 Å². The zero-order chi connectivity index (χ0) is 12.0. The lowest BCUT2D eigenvalue weighted by atomic mass is 9.83. The van der Waals surface area contributed by atoms with Crippen LogP contribution in [-0.4, -0.2) is 44.8 Å². The zero-order valence-corrected chi connectivity index (χ0v) is 11.1. The Morgan fingerprint density at radius 1 is 1.38 bits per heavy atom. The summed E-state index contributed by atoms with van der Waals surface area (Å²) in [6.07, 6.45) is 5.35. The Hall–Kier alpha value is -0.120. The minimum absolute atomic E-state index is 0.607. The smallest absolute Gasteiger partial charge is 0.0500 e. The molecule has 0 aromatic carbocycles. The summed E-state index contributed by atoms with van der Waals surface area (Å²) in [6.45, 7) is 5.06. The highest BCUT2D eigenvalue weighted by atomic mass is 16.5. The van der Waals surface area contributed by atoms with E-state index in [1.54, 1.807) is 7.11 Å². The van der Waals surface area contributed by atoms with E-state index in [0.717, 1.165) is 19.7 Å². The van der Waals surface area contributed by atoms with Crippen LogP contribution in [-0.2, 0) is 4.74 Å². The Morgan fingerprint density at radius 3 is 2.69 bits per heavy atom. The molecule has 1 aliphatic rings. The SMILES string of the molecule is COCC(C)CN(C)C1CCCCC1CN. The molecule has 96 valence electrons. The molecule has 0 saturated heterocycles. The van der Waals surface area contributed by atoms with Crippen LogP contribution in [0.1, 0.15) is 32.6 Å². The van der Waals surface area contributed by atoms with E-state index in [4.69, 9.17) is 10.5 Å². The van der Waals surface area contributed by atoms with Crippen LogP contribution in [0.4, 0.5) is 0 Å². The van der Waals surface area contributed by atoms with Crippen molar-refractivity contribution in [3.8, 4) is 0 Å². The third-order valence-electron chi connectivity index (χ3n) is 3.79. The van der Waals surface area contributed by atoms with Gasteiger partial charge in [-0.05, 0) is 38.3 Å². The van der Waals surface area contributed by atoms with E-state index in [-0.39, 0.29) is 0 Å². The molecule has 16 heavy (non-hydrogen) atoms. The summed E-state index contributed by atoms with van der Waals surface area (Å²) in [5, 5.41) is 0. The van der Waals surface area contributed by atoms with Gasteiger partial charge in [0.1, 0.15) is 0 Å². The first kappa shape index (κ1) is 13.9. The van der Waals surface area contributed by atoms with Gasteiger partial charge in [-0.3, -0.25) is 0 Å². The summed E-state index contributed by atoms with van der Waals surface area (Å²) in [5.41, 5.74) is 5.87. The van der Waals surface area contributed by atoms with Crippen LogP contribution in [0.2, 0.25) is 0 Å². The lowest BCUT2D eigenvalue weighted by Crippen LogP contribution is -2.45. The largest absolute Gasteiger partial charge is 0.384 e. The van der Waals surface area contributed by atoms with E-state index in [9.17, 15) is 0 Å². The van der Waals surface area contributed by atoms with Crippen molar-refractivity contribution in [3.63, 3.8) is 0 Å². The molecule has 0 spiro atoms. The molecule has 3 atom stereocenters. The van der Waals surface area contributed by atoms with Crippen LogP contribution < -0.4 is 5.73 Å². The molecular formula is C13H28N2O. The van der Waals surface area contributed by atoms with Gasteiger partial charge in [0.25, 0.3) is 0 Å². The van der Waals surface area contributed by atoms with Crippen molar-refractivity contribution in [3.05, 3.63) is 0 Å². The Balaban J connectivity index is 2.40. The Labute approximate surface area is 100 Å². The molecule has 0 heterocycles. The van der Waals surface area contributed by atoms with Crippen LogP contribution in [0.5, 0.6) is 0 Å². The number of ether oxygens (including phenoxy) is 1. The van der Waals surface area contributed by atoms with E-state index >= 15 is 0 Å². The molecule has 1 saturated carbocycles. The first-order valence-electron chi connectivity index (χ1n) is 6.58. The van der Waals surface area contributed by atoms with Gasteiger partial charge in [0.05, 0.1) is 0 Å². The molecule has 1 fully saturated rings. The average Bonchev–Trinajstić information content (AvgIpc) is 2.29. The number of nitrogens with zero attached hydrogens (tertiary/aromatic N) is 1. The highest BCUT2D eigenvalue weighted by molar-refractivity contribution is 4.83. The first-order valence-corrected chi connectivity index (χ1v) is 6.58. The van der Waals surface area contributed by atoms with Crippen molar-refractivity contribution in [2.24, 2.45) is 17.6 Å². The fourth-order valence-electron chi connectivity index (χ4n) is 3.01. The van der Waals surface area contributed by atoms with Crippen LogP contribution >= 0.6 is 0 Å². The summed E-state index contributed by atoms with van der Waals surface area (Å²) < 4.78 is 5.19. The fourth-order valence-corrected chi connectivity index (χ4v) is 3.01. The molecule has 3 unspecified atom stereocenters. The van der Waals surface area contributed by atoms with E-state index < -0.39 is 0 Å². The Bertz CT molecular complexity index is 187. The van der Waals surface area contributed by atoms with Crippen LogP contribution in [0, 0.1) is 11.8 Å². The minimum Gasteiger partial charge on any atom is -0.384 e. The monoisotopic (exact) mass is 228 g/mol. The molecule has 2 N–H and O–H groups in total. The van der Waals surface area contributed by atoms with Gasteiger partial charge >= 0.3 is 0 Å². The molecule has 3 heteroatoms. The lowest BCUT2D eigenvalue weighted by molar-refractivity contribution is 0.0885. The predicted octanol–water partition coefficient (Wildman–Crippen LogP) is 1.72. The molecule has 1 rings (SSSR count). The second kappa shape index (κ2) is 7.25. The maximum atomic E-state index is 5.87. The predicted molar refractivity (Wildman–Crippen MR) is 68.5 cm³/mol. The van der Waals surface area contributed by atoms with Gasteiger partial charge in [0, 0.05) is 26.3 Å². The van der Waals surface area contributed by atoms with Crippen molar-refractivity contribution in [1.29, 1.82) is 0 Å². The highest BCUT2D eigenvalue weighted by Gasteiger charge is 2.27. The normalized spacial score (nSPS) is 28.3. The second-order valence-electron chi connectivity index (χ2n) is 5.35. The van der Waals surface area contributed by atoms with Gasteiger partial charge in [-0.2, -0.15) is 0 Å². The average molecular weight is 228 g/mol. The maximum Gasteiger partial charge on any atom is 0.0500 e. The van der Waals surface area contributed by atoms with Gasteiger partial charge in [0.2, 0.25) is 0 Å². The first-order chi connectivity index (χ1) is 7.69. The molecule has 3 nitrogen and oxygen atoms in total. The zero-order valence-electron chi connectivity index (χ0n) is 11.1. The van der Waals surface area contributed by atoms with Crippen molar-refractivity contribution in [2.45, 2.75) is 38.6 Å². The Morgan fingerprint density at radius 2 is 2.06 bits per heavy atom. The van der Waals surface area contributed by atoms with Gasteiger partial charge in [-0.1, -0.05) is 19.8 Å². The number of methoxy groups -OCH3 is 1. The molecule has 0 aromatic heterocycles. The van der Waals surface area contributed by atoms with Gasteiger partial charge in [-0.15, -0.1) is 0 Å². The number of hydrogen-bond donors (Lipinski definition) is 1. The summed E-state index contributed by atoms with van der Waals surface area (Å²) in [6, 6.07) is 0.693. The number of rotatable bonds is 6. The van der Waals surface area contributed by atoms with Crippen molar-refractivity contribution < 1.29 is 4.74 Å². The fraction of sp³-hybridized carbons (Fsp3) is 1.00. The summed E-state index contributed by atoms with van der Waals surface area (Å²) in [7, 11) is 4.02. The molecule has 1 aliphatic carbocycles. The van der Waals surface area contributed by atoms with E-state index in [2.05, 4.69) is 18.9 Å². The van der Waals surface area contributed by atoms with E-state index in [1.165, 1.54) is 25.7 Å². The number of nitrogens with two attached hydrogens (primary N) is 1. The maximum absolute atomic E-state index is 5.87. The molecule has 0 bridgehead atoms. The third kappa shape index (κ3) is 4.04.